The lowest BCUT2D eigenvalue weighted by atomic mass is 10.0. The molecule has 0 saturated heterocycles. The molecule has 2 rings (SSSR count). The molecule has 0 aliphatic heterocycles. The van der Waals surface area contributed by atoms with Gasteiger partial charge in [-0.1, -0.05) is 26.2 Å². The normalized spacial score (nSPS) is 16.4. The van der Waals surface area contributed by atoms with Crippen molar-refractivity contribution in [2.45, 2.75) is 62.9 Å². The molecule has 0 bridgehead atoms. The fourth-order valence-corrected chi connectivity index (χ4v) is 4.35. The molecule has 1 aromatic rings. The van der Waals surface area contributed by atoms with E-state index in [4.69, 9.17) is 4.74 Å². The summed E-state index contributed by atoms with van der Waals surface area (Å²) in [4.78, 5) is 24.2. The van der Waals surface area contributed by atoms with E-state index in [0.29, 0.717) is 17.4 Å². The second-order valence-corrected chi connectivity index (χ2v) is 7.59. The molecule has 4 nitrogen and oxygen atoms in total. The first kappa shape index (κ1) is 18.8. The molecule has 1 saturated carbocycles. The molecular weight excluding hydrogens is 322 g/mol. The maximum Gasteiger partial charge on any atom is 0.338 e. The summed E-state index contributed by atoms with van der Waals surface area (Å²) in [5.74, 6) is -0.286. The van der Waals surface area contributed by atoms with Gasteiger partial charge in [-0.3, -0.25) is 4.79 Å². The van der Waals surface area contributed by atoms with Gasteiger partial charge in [0.25, 0.3) is 0 Å². The van der Waals surface area contributed by atoms with Gasteiger partial charge >= 0.3 is 5.97 Å². The second kappa shape index (κ2) is 9.72. The predicted molar refractivity (Wildman–Crippen MR) is 99.6 cm³/mol. The van der Waals surface area contributed by atoms with Gasteiger partial charge in [-0.05, 0) is 50.5 Å². The second-order valence-electron chi connectivity index (χ2n) is 6.08. The number of thioether (sulfide) groups is 1. The van der Waals surface area contributed by atoms with E-state index in [9.17, 15) is 9.59 Å². The molecule has 0 spiro atoms. The fraction of sp³-hybridized carbons (Fsp3) is 0.579. The van der Waals surface area contributed by atoms with Crippen LogP contribution < -0.4 is 5.32 Å². The summed E-state index contributed by atoms with van der Waals surface area (Å²) in [7, 11) is 0. The Morgan fingerprint density at radius 2 is 1.83 bits per heavy atom. The van der Waals surface area contributed by atoms with Crippen molar-refractivity contribution in [1.82, 2.24) is 0 Å². The average Bonchev–Trinajstić information content (AvgIpc) is 2.61. The Morgan fingerprint density at radius 3 is 2.42 bits per heavy atom. The lowest BCUT2D eigenvalue weighted by molar-refractivity contribution is -0.115. The SMILES string of the molecule is CCOC(=O)c1ccc(NC(=O)C(CC)SC2CCCCC2)cc1. The summed E-state index contributed by atoms with van der Waals surface area (Å²) in [5, 5.41) is 3.56. The number of rotatable bonds is 7. The summed E-state index contributed by atoms with van der Waals surface area (Å²) < 4.78 is 4.96. The van der Waals surface area contributed by atoms with Gasteiger partial charge in [0.15, 0.2) is 0 Å². The molecule has 0 heterocycles. The van der Waals surface area contributed by atoms with Crippen LogP contribution in [0.15, 0.2) is 24.3 Å². The van der Waals surface area contributed by atoms with Crippen LogP contribution in [0.3, 0.4) is 0 Å². The zero-order valence-electron chi connectivity index (χ0n) is 14.5. The maximum atomic E-state index is 12.5. The Kier molecular flexibility index (Phi) is 7.63. The molecule has 0 radical (unpaired) electrons. The Bertz CT molecular complexity index is 538. The number of hydrogen-bond acceptors (Lipinski definition) is 4. The van der Waals surface area contributed by atoms with Crippen LogP contribution in [0.4, 0.5) is 5.69 Å². The van der Waals surface area contributed by atoms with Crippen LogP contribution in [0.5, 0.6) is 0 Å². The van der Waals surface area contributed by atoms with E-state index < -0.39 is 0 Å². The van der Waals surface area contributed by atoms with Crippen molar-refractivity contribution < 1.29 is 14.3 Å². The highest BCUT2D eigenvalue weighted by Crippen LogP contribution is 2.32. The van der Waals surface area contributed by atoms with Crippen LogP contribution in [0.2, 0.25) is 0 Å². The third-order valence-corrected chi connectivity index (χ3v) is 5.97. The molecule has 24 heavy (non-hydrogen) atoms. The third-order valence-electron chi connectivity index (χ3n) is 4.24. The number of amides is 1. The Morgan fingerprint density at radius 1 is 1.17 bits per heavy atom. The monoisotopic (exact) mass is 349 g/mol. The number of esters is 1. The first-order chi connectivity index (χ1) is 11.6. The summed E-state index contributed by atoms with van der Waals surface area (Å²) in [6.07, 6.45) is 7.17. The molecule has 1 aromatic carbocycles. The number of hydrogen-bond donors (Lipinski definition) is 1. The zero-order chi connectivity index (χ0) is 17.4. The number of anilines is 1. The van der Waals surface area contributed by atoms with Crippen LogP contribution in [-0.4, -0.2) is 29.0 Å². The molecule has 1 aliphatic carbocycles. The van der Waals surface area contributed by atoms with Gasteiger partial charge in [0.1, 0.15) is 0 Å². The van der Waals surface area contributed by atoms with Gasteiger partial charge in [0.05, 0.1) is 17.4 Å². The van der Waals surface area contributed by atoms with E-state index in [2.05, 4.69) is 12.2 Å². The molecule has 1 aliphatic rings. The number of carbonyl (C=O) groups excluding carboxylic acids is 2. The smallest absolute Gasteiger partial charge is 0.338 e. The van der Waals surface area contributed by atoms with Gasteiger partial charge in [-0.2, -0.15) is 0 Å². The van der Waals surface area contributed by atoms with Crippen LogP contribution in [-0.2, 0) is 9.53 Å². The quantitative estimate of drug-likeness (QED) is 0.728. The summed E-state index contributed by atoms with van der Waals surface area (Å²) >= 11 is 1.82. The molecule has 132 valence electrons. The van der Waals surface area contributed by atoms with Crippen molar-refractivity contribution in [3.05, 3.63) is 29.8 Å². The number of nitrogens with one attached hydrogen (secondary N) is 1. The van der Waals surface area contributed by atoms with Crippen molar-refractivity contribution in [1.29, 1.82) is 0 Å². The number of ether oxygens (including phenoxy) is 1. The standard InChI is InChI=1S/C19H27NO3S/c1-3-17(24-16-8-6-5-7-9-16)18(21)20-15-12-10-14(11-13-15)19(22)23-4-2/h10-13,16-17H,3-9H2,1-2H3,(H,20,21). The van der Waals surface area contributed by atoms with E-state index >= 15 is 0 Å². The van der Waals surface area contributed by atoms with E-state index in [1.54, 1.807) is 31.2 Å². The van der Waals surface area contributed by atoms with Crippen LogP contribution >= 0.6 is 11.8 Å². The summed E-state index contributed by atoms with van der Waals surface area (Å²) in [5.41, 5.74) is 1.22. The van der Waals surface area contributed by atoms with E-state index in [0.717, 1.165) is 12.1 Å². The lowest BCUT2D eigenvalue weighted by Crippen LogP contribution is -2.27. The Hall–Kier alpha value is -1.49. The van der Waals surface area contributed by atoms with E-state index in [1.165, 1.54) is 32.1 Å². The minimum absolute atomic E-state index is 0.0159. The highest BCUT2D eigenvalue weighted by atomic mass is 32.2. The van der Waals surface area contributed by atoms with Gasteiger partial charge in [-0.25, -0.2) is 4.79 Å². The molecule has 5 heteroatoms. The Balaban J connectivity index is 1.90. The molecule has 0 aromatic heterocycles. The van der Waals surface area contributed by atoms with Crippen molar-refractivity contribution in [3.8, 4) is 0 Å². The maximum absolute atomic E-state index is 12.5. The number of carbonyl (C=O) groups is 2. The minimum atomic E-state index is -0.338. The largest absolute Gasteiger partial charge is 0.462 e. The third kappa shape index (κ3) is 5.55. The van der Waals surface area contributed by atoms with E-state index in [-0.39, 0.29) is 17.1 Å². The van der Waals surface area contributed by atoms with Gasteiger partial charge < -0.3 is 10.1 Å². The first-order valence-electron chi connectivity index (χ1n) is 8.87. The van der Waals surface area contributed by atoms with Crippen molar-refractivity contribution in [3.63, 3.8) is 0 Å². The summed E-state index contributed by atoms with van der Waals surface area (Å²) in [6.45, 7) is 4.19. The van der Waals surface area contributed by atoms with E-state index in [1.807, 2.05) is 11.8 Å². The molecule has 1 amide bonds. The highest BCUT2D eigenvalue weighted by molar-refractivity contribution is 8.01. The minimum Gasteiger partial charge on any atom is -0.462 e. The first-order valence-corrected chi connectivity index (χ1v) is 9.81. The van der Waals surface area contributed by atoms with Crippen LogP contribution in [0, 0.1) is 0 Å². The van der Waals surface area contributed by atoms with Crippen LogP contribution in [0.25, 0.3) is 0 Å². The molecule has 1 N–H and O–H groups in total. The van der Waals surface area contributed by atoms with Crippen molar-refractivity contribution in [2.75, 3.05) is 11.9 Å². The average molecular weight is 349 g/mol. The molecule has 1 unspecified atom stereocenters. The molecule has 1 fully saturated rings. The molecule has 1 atom stereocenters. The highest BCUT2D eigenvalue weighted by Gasteiger charge is 2.23. The predicted octanol–water partition coefficient (Wildman–Crippen LogP) is 4.65. The van der Waals surface area contributed by atoms with Crippen molar-refractivity contribution >= 4 is 29.3 Å². The van der Waals surface area contributed by atoms with Crippen LogP contribution in [0.1, 0.15) is 62.7 Å². The van der Waals surface area contributed by atoms with Gasteiger partial charge in [0.2, 0.25) is 5.91 Å². The van der Waals surface area contributed by atoms with Gasteiger partial charge in [0, 0.05) is 10.9 Å². The topological polar surface area (TPSA) is 55.4 Å². The Labute approximate surface area is 148 Å². The zero-order valence-corrected chi connectivity index (χ0v) is 15.4. The van der Waals surface area contributed by atoms with Crippen molar-refractivity contribution in [2.24, 2.45) is 0 Å². The van der Waals surface area contributed by atoms with Gasteiger partial charge in [-0.15, -0.1) is 11.8 Å². The molecular formula is C19H27NO3S. The fourth-order valence-electron chi connectivity index (χ4n) is 2.90. The number of benzene rings is 1. The lowest BCUT2D eigenvalue weighted by Gasteiger charge is -2.25. The summed E-state index contributed by atoms with van der Waals surface area (Å²) in [6, 6.07) is 6.87.